The van der Waals surface area contributed by atoms with Gasteiger partial charge in [-0.05, 0) is 49.7 Å². The van der Waals surface area contributed by atoms with E-state index in [-0.39, 0.29) is 5.91 Å². The first-order valence-electron chi connectivity index (χ1n) is 9.32. The Morgan fingerprint density at radius 2 is 1.78 bits per heavy atom. The molecule has 2 saturated heterocycles. The number of rotatable bonds is 2. The van der Waals surface area contributed by atoms with Crippen molar-refractivity contribution in [2.45, 2.75) is 44.9 Å². The molecule has 0 unspecified atom stereocenters. The van der Waals surface area contributed by atoms with Gasteiger partial charge in [0.05, 0.1) is 5.56 Å². The molecule has 23 heavy (non-hydrogen) atoms. The third-order valence-electron chi connectivity index (χ3n) is 6.00. The predicted octanol–water partition coefficient (Wildman–Crippen LogP) is 3.33. The van der Waals surface area contributed by atoms with Gasteiger partial charge in [0.15, 0.2) is 0 Å². The Morgan fingerprint density at radius 1 is 1.00 bits per heavy atom. The lowest BCUT2D eigenvalue weighted by Gasteiger charge is -2.41. The number of piperidine rings is 1. The van der Waals surface area contributed by atoms with Crippen molar-refractivity contribution in [3.05, 3.63) is 23.9 Å². The molecular weight excluding hydrogens is 286 g/mol. The minimum Gasteiger partial charge on any atom is -0.356 e. The van der Waals surface area contributed by atoms with Gasteiger partial charge in [0.25, 0.3) is 5.91 Å². The maximum atomic E-state index is 13.1. The van der Waals surface area contributed by atoms with E-state index >= 15 is 0 Å². The molecule has 3 aliphatic rings. The molecule has 1 amide bonds. The molecule has 1 aromatic heterocycles. The van der Waals surface area contributed by atoms with E-state index in [9.17, 15) is 4.79 Å². The fraction of sp³-hybridized carbons (Fsp3) is 0.684. The zero-order valence-corrected chi connectivity index (χ0v) is 13.9. The largest absolute Gasteiger partial charge is 0.356 e. The predicted molar refractivity (Wildman–Crippen MR) is 91.7 cm³/mol. The maximum Gasteiger partial charge on any atom is 0.257 e. The molecule has 1 saturated carbocycles. The molecule has 2 aliphatic heterocycles. The molecule has 124 valence electrons. The molecule has 4 rings (SSSR count). The van der Waals surface area contributed by atoms with E-state index in [0.29, 0.717) is 0 Å². The van der Waals surface area contributed by atoms with Crippen LogP contribution in [0.15, 0.2) is 18.3 Å². The third kappa shape index (κ3) is 2.96. The number of amides is 1. The summed E-state index contributed by atoms with van der Waals surface area (Å²) in [5, 5.41) is 0. The normalized spacial score (nSPS) is 27.8. The molecule has 4 heteroatoms. The van der Waals surface area contributed by atoms with E-state index in [1.54, 1.807) is 0 Å². The number of pyridine rings is 1. The molecule has 4 nitrogen and oxygen atoms in total. The van der Waals surface area contributed by atoms with E-state index in [1.807, 2.05) is 18.3 Å². The van der Waals surface area contributed by atoms with Gasteiger partial charge in [-0.3, -0.25) is 4.79 Å². The van der Waals surface area contributed by atoms with Crippen LogP contribution < -0.4 is 4.90 Å². The summed E-state index contributed by atoms with van der Waals surface area (Å²) in [6.07, 6.45) is 10.8. The van der Waals surface area contributed by atoms with Gasteiger partial charge >= 0.3 is 0 Å². The van der Waals surface area contributed by atoms with Gasteiger partial charge in [0.2, 0.25) is 0 Å². The fourth-order valence-corrected chi connectivity index (χ4v) is 4.70. The van der Waals surface area contributed by atoms with Crippen molar-refractivity contribution in [1.29, 1.82) is 0 Å². The second-order valence-electron chi connectivity index (χ2n) is 7.41. The molecule has 1 aliphatic carbocycles. The molecule has 0 N–H and O–H groups in total. The first kappa shape index (κ1) is 15.0. The lowest BCUT2D eigenvalue weighted by atomic mass is 9.75. The van der Waals surface area contributed by atoms with E-state index in [0.717, 1.165) is 49.4 Å². The Kier molecular flexibility index (Phi) is 4.23. The van der Waals surface area contributed by atoms with E-state index in [1.165, 1.54) is 44.9 Å². The van der Waals surface area contributed by atoms with E-state index in [4.69, 9.17) is 0 Å². The summed E-state index contributed by atoms with van der Waals surface area (Å²) in [7, 11) is 0. The van der Waals surface area contributed by atoms with Crippen LogP contribution in [-0.2, 0) is 0 Å². The molecule has 0 radical (unpaired) electrons. The van der Waals surface area contributed by atoms with Crippen molar-refractivity contribution in [3.63, 3.8) is 0 Å². The Bertz CT molecular complexity index is 567. The first-order chi connectivity index (χ1) is 11.3. The lowest BCUT2D eigenvalue weighted by Crippen LogP contribution is -2.45. The number of fused-ring (bicyclic) bond motifs is 1. The molecule has 0 spiro atoms. The van der Waals surface area contributed by atoms with Crippen LogP contribution in [0.5, 0.6) is 0 Å². The smallest absolute Gasteiger partial charge is 0.257 e. The number of nitrogens with zero attached hydrogens (tertiary/aromatic N) is 3. The highest BCUT2D eigenvalue weighted by Gasteiger charge is 2.34. The van der Waals surface area contributed by atoms with Crippen molar-refractivity contribution < 1.29 is 4.79 Å². The average molecular weight is 313 g/mol. The molecule has 0 bridgehead atoms. The SMILES string of the molecule is O=C(c1cccnc1N1CCCC1)N1CC[C@H]2CCCC[C@H]2C1. The van der Waals surface area contributed by atoms with Crippen molar-refractivity contribution in [1.82, 2.24) is 9.88 Å². The van der Waals surface area contributed by atoms with Gasteiger partial charge in [0, 0.05) is 32.4 Å². The summed E-state index contributed by atoms with van der Waals surface area (Å²) in [6, 6.07) is 3.87. The zero-order valence-electron chi connectivity index (χ0n) is 13.9. The van der Waals surface area contributed by atoms with Gasteiger partial charge in [-0.25, -0.2) is 4.98 Å². The number of carbonyl (C=O) groups is 1. The summed E-state index contributed by atoms with van der Waals surface area (Å²) in [5.41, 5.74) is 0.809. The van der Waals surface area contributed by atoms with Crippen LogP contribution in [0.4, 0.5) is 5.82 Å². The second-order valence-corrected chi connectivity index (χ2v) is 7.41. The van der Waals surface area contributed by atoms with Crippen LogP contribution in [-0.4, -0.2) is 42.0 Å². The highest BCUT2D eigenvalue weighted by atomic mass is 16.2. The van der Waals surface area contributed by atoms with Crippen molar-refractivity contribution >= 4 is 11.7 Å². The third-order valence-corrected chi connectivity index (χ3v) is 6.00. The highest BCUT2D eigenvalue weighted by Crippen LogP contribution is 2.36. The van der Waals surface area contributed by atoms with Crippen LogP contribution in [0.25, 0.3) is 0 Å². The molecular formula is C19H27N3O. The Labute approximate surface area is 138 Å². The molecule has 2 atom stereocenters. The standard InChI is InChI=1S/C19H27N3O/c23-19(22-13-9-15-6-1-2-7-16(15)14-22)17-8-5-10-20-18(17)21-11-3-4-12-21/h5,8,10,15-16H,1-4,6-7,9,11-14H2/t15-,16+/m1/s1. The van der Waals surface area contributed by atoms with Gasteiger partial charge in [-0.2, -0.15) is 0 Å². The second kappa shape index (κ2) is 6.50. The fourth-order valence-electron chi connectivity index (χ4n) is 4.70. The van der Waals surface area contributed by atoms with Crippen molar-refractivity contribution in [3.8, 4) is 0 Å². The maximum absolute atomic E-state index is 13.1. The van der Waals surface area contributed by atoms with Crippen LogP contribution >= 0.6 is 0 Å². The number of hydrogen-bond donors (Lipinski definition) is 0. The summed E-state index contributed by atoms with van der Waals surface area (Å²) >= 11 is 0. The summed E-state index contributed by atoms with van der Waals surface area (Å²) < 4.78 is 0. The highest BCUT2D eigenvalue weighted by molar-refractivity contribution is 5.99. The lowest BCUT2D eigenvalue weighted by molar-refractivity contribution is 0.0521. The van der Waals surface area contributed by atoms with Gasteiger partial charge in [0.1, 0.15) is 5.82 Å². The molecule has 3 heterocycles. The quantitative estimate of drug-likeness (QED) is 0.840. The number of likely N-dealkylation sites (tertiary alicyclic amines) is 1. The van der Waals surface area contributed by atoms with Crippen molar-refractivity contribution in [2.75, 3.05) is 31.1 Å². The summed E-state index contributed by atoms with van der Waals surface area (Å²) in [6.45, 7) is 3.94. The Hall–Kier alpha value is -1.58. The number of carbonyl (C=O) groups excluding carboxylic acids is 1. The molecule has 1 aromatic rings. The first-order valence-corrected chi connectivity index (χ1v) is 9.32. The number of aromatic nitrogens is 1. The van der Waals surface area contributed by atoms with Crippen LogP contribution in [0.1, 0.15) is 55.3 Å². The zero-order chi connectivity index (χ0) is 15.6. The van der Waals surface area contributed by atoms with Gasteiger partial charge < -0.3 is 9.80 Å². The van der Waals surface area contributed by atoms with E-state index < -0.39 is 0 Å². The van der Waals surface area contributed by atoms with Crippen LogP contribution in [0, 0.1) is 11.8 Å². The monoisotopic (exact) mass is 313 g/mol. The average Bonchev–Trinajstić information content (AvgIpc) is 3.15. The minimum absolute atomic E-state index is 0.198. The number of hydrogen-bond acceptors (Lipinski definition) is 3. The van der Waals surface area contributed by atoms with Gasteiger partial charge in [-0.1, -0.05) is 19.3 Å². The number of anilines is 1. The summed E-state index contributed by atoms with van der Waals surface area (Å²) in [5.74, 6) is 2.69. The Morgan fingerprint density at radius 3 is 2.61 bits per heavy atom. The Balaban J connectivity index is 1.52. The molecule has 3 fully saturated rings. The van der Waals surface area contributed by atoms with Crippen LogP contribution in [0.3, 0.4) is 0 Å². The molecule has 0 aromatic carbocycles. The topological polar surface area (TPSA) is 36.4 Å². The summed E-state index contributed by atoms with van der Waals surface area (Å²) in [4.78, 5) is 22.0. The van der Waals surface area contributed by atoms with Crippen LogP contribution in [0.2, 0.25) is 0 Å². The van der Waals surface area contributed by atoms with E-state index in [2.05, 4.69) is 14.8 Å². The van der Waals surface area contributed by atoms with Gasteiger partial charge in [-0.15, -0.1) is 0 Å². The minimum atomic E-state index is 0.198. The van der Waals surface area contributed by atoms with Crippen molar-refractivity contribution in [2.24, 2.45) is 11.8 Å².